The molecule has 0 saturated heterocycles. The van der Waals surface area contributed by atoms with Crippen molar-refractivity contribution in [2.45, 2.75) is 16.0 Å². The lowest BCUT2D eigenvalue weighted by atomic mass is 10.2. The summed E-state index contributed by atoms with van der Waals surface area (Å²) in [7, 11) is -7.68. The van der Waals surface area contributed by atoms with E-state index in [1.807, 2.05) is 0 Å². The number of nitrogens with two attached hydrogens (primary N) is 1. The van der Waals surface area contributed by atoms with Crippen molar-refractivity contribution in [2.75, 3.05) is 4.72 Å². The van der Waals surface area contributed by atoms with Gasteiger partial charge in [0.25, 0.3) is 10.0 Å². The lowest BCUT2D eigenvalue weighted by molar-refractivity contribution is 0.596. The van der Waals surface area contributed by atoms with E-state index in [1.165, 1.54) is 24.3 Å². The van der Waals surface area contributed by atoms with Crippen molar-refractivity contribution >= 4 is 53.0 Å². The van der Waals surface area contributed by atoms with E-state index >= 15 is 0 Å². The second kappa shape index (κ2) is 5.69. The van der Waals surface area contributed by atoms with Crippen LogP contribution in [0.3, 0.4) is 0 Å². The van der Waals surface area contributed by atoms with Crippen molar-refractivity contribution in [1.29, 1.82) is 0 Å². The highest BCUT2D eigenvalue weighted by molar-refractivity contribution is 9.11. The van der Waals surface area contributed by atoms with Crippen LogP contribution in [0.2, 0.25) is 0 Å². The molecule has 0 saturated carbocycles. The van der Waals surface area contributed by atoms with Crippen molar-refractivity contribution in [3.8, 4) is 0 Å². The van der Waals surface area contributed by atoms with Crippen molar-refractivity contribution in [1.82, 2.24) is 0 Å². The zero-order valence-electron chi connectivity index (χ0n) is 10.7. The van der Waals surface area contributed by atoms with Gasteiger partial charge in [-0.2, -0.15) is 0 Å². The van der Waals surface area contributed by atoms with Crippen molar-refractivity contribution in [2.24, 2.45) is 5.14 Å². The van der Waals surface area contributed by atoms with Gasteiger partial charge >= 0.3 is 0 Å². The van der Waals surface area contributed by atoms with E-state index in [0.29, 0.717) is 9.35 Å². The molecule has 3 N–H and O–H groups in total. The maximum absolute atomic E-state index is 12.2. The Morgan fingerprint density at radius 3 is 2.33 bits per heavy atom. The average Bonchev–Trinajstić information content (AvgIpc) is 2.77. The molecule has 2 aromatic rings. The first kappa shape index (κ1) is 16.4. The van der Waals surface area contributed by atoms with Crippen LogP contribution in [0.25, 0.3) is 0 Å². The molecule has 0 radical (unpaired) electrons. The number of benzene rings is 1. The van der Waals surface area contributed by atoms with Gasteiger partial charge in [0.15, 0.2) is 0 Å². The predicted octanol–water partition coefficient (Wildman–Crippen LogP) is 2.27. The predicted molar refractivity (Wildman–Crippen MR) is 85.4 cm³/mol. The Morgan fingerprint density at radius 1 is 1.14 bits per heavy atom. The normalized spacial score (nSPS) is 12.3. The smallest absolute Gasteiger partial charge is 0.271 e. The number of hydrogen-bond acceptors (Lipinski definition) is 5. The molecule has 0 spiro atoms. The van der Waals surface area contributed by atoms with Gasteiger partial charge in [0.05, 0.1) is 14.4 Å². The Bertz CT molecular complexity index is 888. The van der Waals surface area contributed by atoms with Crippen LogP contribution in [0, 0.1) is 6.92 Å². The molecule has 0 aliphatic heterocycles. The van der Waals surface area contributed by atoms with Gasteiger partial charge in [-0.1, -0.05) is 6.07 Å². The van der Waals surface area contributed by atoms with Crippen molar-refractivity contribution < 1.29 is 16.8 Å². The SMILES string of the molecule is Cc1ccc(NS(=O)(=O)c2ccc(Br)s2)cc1S(N)(=O)=O. The highest BCUT2D eigenvalue weighted by Crippen LogP contribution is 2.28. The summed E-state index contributed by atoms with van der Waals surface area (Å²) in [5.74, 6) is 0. The quantitative estimate of drug-likeness (QED) is 0.805. The summed E-state index contributed by atoms with van der Waals surface area (Å²) in [5.41, 5.74) is 0.577. The molecule has 0 bridgehead atoms. The van der Waals surface area contributed by atoms with E-state index in [4.69, 9.17) is 5.14 Å². The molecule has 6 nitrogen and oxygen atoms in total. The summed E-state index contributed by atoms with van der Waals surface area (Å²) in [6.45, 7) is 1.58. The molecule has 10 heteroatoms. The monoisotopic (exact) mass is 410 g/mol. The van der Waals surface area contributed by atoms with Crippen molar-refractivity contribution in [3.05, 3.63) is 39.7 Å². The molecule has 0 aliphatic carbocycles. The molecule has 21 heavy (non-hydrogen) atoms. The zero-order valence-corrected chi connectivity index (χ0v) is 14.7. The highest BCUT2D eigenvalue weighted by Gasteiger charge is 2.18. The van der Waals surface area contributed by atoms with Crippen LogP contribution in [-0.2, 0) is 20.0 Å². The minimum absolute atomic E-state index is 0.116. The summed E-state index contributed by atoms with van der Waals surface area (Å²) in [5, 5.41) is 5.10. The first-order chi connectivity index (χ1) is 9.59. The lowest BCUT2D eigenvalue weighted by Gasteiger charge is -2.09. The van der Waals surface area contributed by atoms with E-state index in [0.717, 1.165) is 11.3 Å². The fourth-order valence-electron chi connectivity index (χ4n) is 1.62. The average molecular weight is 411 g/mol. The maximum Gasteiger partial charge on any atom is 0.271 e. The largest absolute Gasteiger partial charge is 0.279 e. The van der Waals surface area contributed by atoms with Crippen LogP contribution in [0.1, 0.15) is 5.56 Å². The number of halogens is 1. The fourth-order valence-corrected chi connectivity index (χ4v) is 5.49. The number of primary sulfonamides is 1. The van der Waals surface area contributed by atoms with E-state index in [2.05, 4.69) is 20.7 Å². The molecule has 0 unspecified atom stereocenters. The van der Waals surface area contributed by atoms with Gasteiger partial charge in [-0.15, -0.1) is 11.3 Å². The summed E-state index contributed by atoms with van der Waals surface area (Å²) < 4.78 is 50.3. The van der Waals surface area contributed by atoms with Crippen LogP contribution in [0.15, 0.2) is 43.2 Å². The summed E-state index contributed by atoms with van der Waals surface area (Å²) >= 11 is 4.24. The molecule has 1 aromatic carbocycles. The third-order valence-electron chi connectivity index (χ3n) is 2.56. The number of rotatable bonds is 4. The highest BCUT2D eigenvalue weighted by atomic mass is 79.9. The molecule has 114 valence electrons. The first-order valence-corrected chi connectivity index (χ1v) is 10.1. The van der Waals surface area contributed by atoms with E-state index in [9.17, 15) is 16.8 Å². The molecule has 0 amide bonds. The van der Waals surface area contributed by atoms with Crippen LogP contribution in [0.4, 0.5) is 5.69 Å². The summed E-state index contributed by atoms with van der Waals surface area (Å²) in [6.07, 6.45) is 0. The van der Waals surface area contributed by atoms with Crippen LogP contribution >= 0.6 is 27.3 Å². The van der Waals surface area contributed by atoms with Gasteiger partial charge in [0.2, 0.25) is 10.0 Å². The van der Waals surface area contributed by atoms with Crippen LogP contribution in [0.5, 0.6) is 0 Å². The minimum atomic E-state index is -3.91. The fraction of sp³-hybridized carbons (Fsp3) is 0.0909. The number of hydrogen-bond donors (Lipinski definition) is 2. The second-order valence-corrected chi connectivity index (χ2v) is 10.1. The molecule has 0 aliphatic rings. The molecule has 0 fully saturated rings. The molecular weight excluding hydrogens is 400 g/mol. The Morgan fingerprint density at radius 2 is 1.81 bits per heavy atom. The Kier molecular flexibility index (Phi) is 4.45. The Hall–Kier alpha value is -0.940. The first-order valence-electron chi connectivity index (χ1n) is 5.51. The molecule has 0 atom stereocenters. The number of aryl methyl sites for hydroxylation is 1. The topological polar surface area (TPSA) is 106 Å². The molecular formula is C11H11BrN2O4S3. The van der Waals surface area contributed by atoms with E-state index < -0.39 is 20.0 Å². The third-order valence-corrected chi connectivity index (χ3v) is 7.11. The second-order valence-electron chi connectivity index (χ2n) is 4.19. The van der Waals surface area contributed by atoms with E-state index in [-0.39, 0.29) is 14.8 Å². The van der Waals surface area contributed by atoms with Gasteiger partial charge in [0, 0.05) is 0 Å². The number of nitrogens with one attached hydrogen (secondary N) is 1. The van der Waals surface area contributed by atoms with E-state index in [1.54, 1.807) is 13.0 Å². The zero-order chi connectivity index (χ0) is 15.8. The van der Waals surface area contributed by atoms with Gasteiger partial charge in [-0.25, -0.2) is 22.0 Å². The third kappa shape index (κ3) is 3.83. The number of anilines is 1. The maximum atomic E-state index is 12.2. The number of thiophene rings is 1. The summed E-state index contributed by atoms with van der Waals surface area (Å²) in [4.78, 5) is -0.116. The Labute approximate surface area is 135 Å². The number of sulfonamides is 2. The standard InChI is InChI=1S/C11H11BrN2O4S3/c1-7-2-3-8(6-9(7)20(13,15)16)14-21(17,18)11-5-4-10(12)19-11/h2-6,14H,1H3,(H2,13,15,16). The Balaban J connectivity index is 2.41. The van der Waals surface area contributed by atoms with Crippen LogP contribution in [-0.4, -0.2) is 16.8 Å². The summed E-state index contributed by atoms with van der Waals surface area (Å²) in [6, 6.07) is 7.23. The van der Waals surface area contributed by atoms with Gasteiger partial charge in [0.1, 0.15) is 4.21 Å². The molecule has 2 rings (SSSR count). The van der Waals surface area contributed by atoms with Gasteiger partial charge < -0.3 is 0 Å². The lowest BCUT2D eigenvalue weighted by Crippen LogP contribution is -2.16. The molecule has 1 aromatic heterocycles. The van der Waals surface area contributed by atoms with Crippen LogP contribution < -0.4 is 9.86 Å². The van der Waals surface area contributed by atoms with Gasteiger partial charge in [-0.3, -0.25) is 4.72 Å². The van der Waals surface area contributed by atoms with Gasteiger partial charge in [-0.05, 0) is 52.7 Å². The molecule has 1 heterocycles. The minimum Gasteiger partial charge on any atom is -0.279 e. The van der Waals surface area contributed by atoms with Crippen molar-refractivity contribution in [3.63, 3.8) is 0 Å².